The summed E-state index contributed by atoms with van der Waals surface area (Å²) in [6.45, 7) is 0. The lowest BCUT2D eigenvalue weighted by Gasteiger charge is -2.16. The highest BCUT2D eigenvalue weighted by Crippen LogP contribution is 2.50. The van der Waals surface area contributed by atoms with Crippen LogP contribution in [0.4, 0.5) is 11.4 Å². The van der Waals surface area contributed by atoms with Gasteiger partial charge in [-0.25, -0.2) is 0 Å². The molecule has 2 aliphatic rings. The van der Waals surface area contributed by atoms with E-state index in [0.29, 0.717) is 16.5 Å². The summed E-state index contributed by atoms with van der Waals surface area (Å²) in [7, 11) is 1.47. The van der Waals surface area contributed by atoms with Crippen molar-refractivity contribution >= 4 is 22.3 Å². The fourth-order valence-electron chi connectivity index (χ4n) is 3.83. The average molecular weight is 313 g/mol. The van der Waals surface area contributed by atoms with Crippen molar-refractivity contribution in [3.05, 3.63) is 66.0 Å². The van der Waals surface area contributed by atoms with E-state index >= 15 is 0 Å². The number of hydrogen-bond donors (Lipinski definition) is 0. The molecule has 0 saturated heterocycles. The molecule has 0 N–H and O–H groups in total. The summed E-state index contributed by atoms with van der Waals surface area (Å²) in [5.41, 5.74) is 0.455. The Hall–Kier alpha value is -3.03. The van der Waals surface area contributed by atoms with Gasteiger partial charge in [-0.2, -0.15) is 0 Å². The molecule has 2 bridgehead atoms. The van der Waals surface area contributed by atoms with Crippen molar-refractivity contribution in [2.45, 2.75) is 18.3 Å². The molecule has 8 heteroatoms. The highest BCUT2D eigenvalue weighted by atomic mass is 16.6. The van der Waals surface area contributed by atoms with Crippen molar-refractivity contribution in [1.82, 2.24) is 4.57 Å². The second-order valence-electron chi connectivity index (χ2n) is 5.90. The van der Waals surface area contributed by atoms with E-state index in [9.17, 15) is 25.0 Å². The fraction of sp³-hybridized carbons (Fsp3) is 0.267. The van der Waals surface area contributed by atoms with Crippen LogP contribution in [0.1, 0.15) is 29.4 Å². The van der Waals surface area contributed by atoms with Gasteiger partial charge in [-0.1, -0.05) is 12.2 Å². The van der Waals surface area contributed by atoms with Crippen LogP contribution in [0, 0.1) is 20.2 Å². The molecule has 1 aromatic carbocycles. The second-order valence-corrected chi connectivity index (χ2v) is 5.90. The van der Waals surface area contributed by atoms with Gasteiger partial charge in [-0.3, -0.25) is 25.0 Å². The van der Waals surface area contributed by atoms with Crippen LogP contribution < -0.4 is 5.56 Å². The number of non-ortho nitro benzene ring substituents is 2. The van der Waals surface area contributed by atoms with Gasteiger partial charge in [-0.15, -0.1) is 0 Å². The molecule has 2 atom stereocenters. The topological polar surface area (TPSA) is 108 Å². The van der Waals surface area contributed by atoms with Gasteiger partial charge in [0.05, 0.1) is 15.9 Å². The number of pyridine rings is 1. The molecular formula is C15H11N3O5. The third-order valence-electron chi connectivity index (χ3n) is 4.76. The molecule has 0 fully saturated rings. The summed E-state index contributed by atoms with van der Waals surface area (Å²) >= 11 is 0. The first-order valence-corrected chi connectivity index (χ1v) is 7.07. The van der Waals surface area contributed by atoms with E-state index in [2.05, 4.69) is 0 Å². The summed E-state index contributed by atoms with van der Waals surface area (Å²) in [5.74, 6) is -0.00979. The van der Waals surface area contributed by atoms with Crippen molar-refractivity contribution in [2.24, 2.45) is 7.05 Å². The van der Waals surface area contributed by atoms with Crippen LogP contribution in [0.5, 0.6) is 0 Å². The Kier molecular flexibility index (Phi) is 2.52. The van der Waals surface area contributed by atoms with E-state index in [-0.39, 0.29) is 28.6 Å². The maximum atomic E-state index is 12.6. The Morgan fingerprint density at radius 3 is 2.35 bits per heavy atom. The van der Waals surface area contributed by atoms with E-state index in [1.165, 1.54) is 17.7 Å². The van der Waals surface area contributed by atoms with Crippen LogP contribution in [0.25, 0.3) is 10.9 Å². The van der Waals surface area contributed by atoms with Crippen LogP contribution in [0.2, 0.25) is 0 Å². The first kappa shape index (κ1) is 13.6. The minimum absolute atomic E-state index is 0.00332. The van der Waals surface area contributed by atoms with Gasteiger partial charge in [0.2, 0.25) is 0 Å². The number of fused-ring (bicyclic) bond motifs is 7. The minimum atomic E-state index is -0.676. The standard InChI is InChI=1S/C15H11N3O5/c1-16-14-10(5-9(17(20)21)6-11(14)18(22)23)12-7-2-3-8(4-7)13(12)15(16)19/h2-3,5-8H,4H2,1H3. The molecule has 1 heterocycles. The highest BCUT2D eigenvalue weighted by Gasteiger charge is 2.39. The molecular weight excluding hydrogens is 302 g/mol. The number of nitro groups is 2. The predicted octanol–water partition coefficient (Wildman–Crippen LogP) is 2.50. The summed E-state index contributed by atoms with van der Waals surface area (Å²) < 4.78 is 1.24. The third-order valence-corrected chi connectivity index (χ3v) is 4.76. The average Bonchev–Trinajstić information content (AvgIpc) is 3.12. The quantitative estimate of drug-likeness (QED) is 0.481. The molecule has 2 aliphatic carbocycles. The molecule has 8 nitrogen and oxygen atoms in total. The predicted molar refractivity (Wildman–Crippen MR) is 81.7 cm³/mol. The van der Waals surface area contributed by atoms with E-state index in [0.717, 1.165) is 12.5 Å². The van der Waals surface area contributed by atoms with Gasteiger partial charge in [0.15, 0.2) is 0 Å². The van der Waals surface area contributed by atoms with E-state index in [4.69, 9.17) is 0 Å². The molecule has 23 heavy (non-hydrogen) atoms. The number of aromatic nitrogens is 1. The van der Waals surface area contributed by atoms with Gasteiger partial charge < -0.3 is 4.57 Å². The zero-order valence-electron chi connectivity index (χ0n) is 12.1. The Balaban J connectivity index is 2.24. The van der Waals surface area contributed by atoms with Crippen molar-refractivity contribution in [3.63, 3.8) is 0 Å². The summed E-state index contributed by atoms with van der Waals surface area (Å²) in [6, 6.07) is 2.26. The molecule has 2 unspecified atom stereocenters. The fourth-order valence-corrected chi connectivity index (χ4v) is 3.83. The second kappa shape index (κ2) is 4.25. The molecule has 1 aromatic heterocycles. The van der Waals surface area contributed by atoms with E-state index in [1.807, 2.05) is 12.2 Å². The molecule has 0 amide bonds. The smallest absolute Gasteiger partial charge is 0.300 e. The van der Waals surface area contributed by atoms with Crippen LogP contribution in [0.3, 0.4) is 0 Å². The first-order chi connectivity index (χ1) is 10.9. The SMILES string of the molecule is Cn1c(=O)c2c(c3cc([N+](=O)[O-])cc([N+](=O)[O-])c31)C1C=CC2C1. The highest BCUT2D eigenvalue weighted by molar-refractivity contribution is 5.94. The van der Waals surface area contributed by atoms with Crippen LogP contribution in [-0.4, -0.2) is 14.4 Å². The molecule has 0 radical (unpaired) electrons. The van der Waals surface area contributed by atoms with Gasteiger partial charge in [-0.05, 0) is 12.0 Å². The number of hydrogen-bond acceptors (Lipinski definition) is 5. The molecule has 0 saturated carbocycles. The third kappa shape index (κ3) is 1.63. The number of allylic oxidation sites excluding steroid dienone is 2. The lowest BCUT2D eigenvalue weighted by Crippen LogP contribution is -2.24. The monoisotopic (exact) mass is 313 g/mol. The van der Waals surface area contributed by atoms with Gasteiger partial charge in [0, 0.05) is 35.9 Å². The summed E-state index contributed by atoms with van der Waals surface area (Å²) in [5, 5.41) is 22.9. The van der Waals surface area contributed by atoms with Gasteiger partial charge in [0.1, 0.15) is 5.52 Å². The number of rotatable bonds is 2. The maximum Gasteiger partial charge on any atom is 0.300 e. The zero-order valence-corrected chi connectivity index (χ0v) is 12.1. The Morgan fingerprint density at radius 1 is 1.09 bits per heavy atom. The number of nitro benzene ring substituents is 2. The van der Waals surface area contributed by atoms with E-state index < -0.39 is 15.5 Å². The number of nitrogens with zero attached hydrogens (tertiary/aromatic N) is 3. The Morgan fingerprint density at radius 2 is 1.74 bits per heavy atom. The van der Waals surface area contributed by atoms with Crippen LogP contribution in [-0.2, 0) is 7.05 Å². The first-order valence-electron chi connectivity index (χ1n) is 7.07. The lowest BCUT2D eigenvalue weighted by molar-refractivity contribution is -0.393. The minimum Gasteiger partial charge on any atom is -0.305 e. The van der Waals surface area contributed by atoms with Crippen molar-refractivity contribution in [2.75, 3.05) is 0 Å². The molecule has 0 aliphatic heterocycles. The van der Waals surface area contributed by atoms with Crippen molar-refractivity contribution in [3.8, 4) is 0 Å². The molecule has 4 rings (SSSR count). The largest absolute Gasteiger partial charge is 0.305 e. The summed E-state index contributed by atoms with van der Waals surface area (Å²) in [6.07, 6.45) is 4.68. The van der Waals surface area contributed by atoms with Gasteiger partial charge in [0.25, 0.3) is 16.9 Å². The molecule has 0 spiro atoms. The maximum absolute atomic E-state index is 12.6. The van der Waals surface area contributed by atoms with Gasteiger partial charge >= 0.3 is 0 Å². The molecule has 2 aromatic rings. The Bertz CT molecular complexity index is 1000. The normalized spacial score (nSPS) is 20.9. The van der Waals surface area contributed by atoms with E-state index in [1.54, 1.807) is 0 Å². The van der Waals surface area contributed by atoms with Crippen LogP contribution >= 0.6 is 0 Å². The summed E-state index contributed by atoms with van der Waals surface area (Å²) in [4.78, 5) is 33.8. The molecule has 116 valence electrons. The lowest BCUT2D eigenvalue weighted by atomic mass is 9.93. The van der Waals surface area contributed by atoms with Crippen molar-refractivity contribution in [1.29, 1.82) is 0 Å². The Labute approximate surface area is 128 Å². The van der Waals surface area contributed by atoms with Crippen molar-refractivity contribution < 1.29 is 9.85 Å². The number of aryl methyl sites for hydroxylation is 1. The van der Waals surface area contributed by atoms with Crippen LogP contribution in [0.15, 0.2) is 29.1 Å². The number of benzene rings is 1. The zero-order chi connectivity index (χ0) is 16.5.